The van der Waals surface area contributed by atoms with Crippen LogP contribution in [0.1, 0.15) is 18.1 Å². The van der Waals surface area contributed by atoms with E-state index in [-0.39, 0.29) is 6.61 Å². The van der Waals surface area contributed by atoms with Gasteiger partial charge in [-0.2, -0.15) is 0 Å². The van der Waals surface area contributed by atoms with E-state index in [1.54, 1.807) is 7.05 Å². The average Bonchev–Trinajstić information content (AvgIpc) is 2.25. The number of aryl methyl sites for hydroxylation is 1. The number of benzene rings is 1. The summed E-state index contributed by atoms with van der Waals surface area (Å²) in [6.07, 6.45) is 1.91. The zero-order valence-electron chi connectivity index (χ0n) is 9.49. The number of rotatable bonds is 3. The average molecular weight is 203 g/mol. The predicted molar refractivity (Wildman–Crippen MR) is 65.3 cm³/mol. The molecule has 0 unspecified atom stereocenters. The molecule has 1 N–H and O–H groups in total. The lowest BCUT2D eigenvalue weighted by atomic mass is 10.0. The normalized spacial score (nSPS) is 13.1. The van der Waals surface area contributed by atoms with Gasteiger partial charge in [-0.25, -0.2) is 0 Å². The number of aliphatic hydroxyl groups is 1. The lowest BCUT2D eigenvalue weighted by molar-refractivity contribution is 0.358. The second kappa shape index (κ2) is 5.47. The predicted octanol–water partition coefficient (Wildman–Crippen LogP) is 2.46. The van der Waals surface area contributed by atoms with Crippen molar-refractivity contribution >= 4 is 11.3 Å². The van der Waals surface area contributed by atoms with Gasteiger partial charge in [0.2, 0.25) is 0 Å². The lowest BCUT2D eigenvalue weighted by Crippen LogP contribution is -2.00. The third-order valence-electron chi connectivity index (χ3n) is 2.31. The molecule has 0 radical (unpaired) electrons. The SMILES string of the molecule is C/N=C(\C=C(/C)c1cccc(C)c1)CO. The van der Waals surface area contributed by atoms with Crippen molar-refractivity contribution in [1.29, 1.82) is 0 Å². The highest BCUT2D eigenvalue weighted by Crippen LogP contribution is 2.14. The number of nitrogens with zero attached hydrogens (tertiary/aromatic N) is 1. The first kappa shape index (κ1) is 11.7. The van der Waals surface area contributed by atoms with E-state index in [9.17, 15) is 0 Å². The fourth-order valence-electron chi connectivity index (χ4n) is 1.40. The van der Waals surface area contributed by atoms with Crippen LogP contribution >= 0.6 is 0 Å². The van der Waals surface area contributed by atoms with Gasteiger partial charge in [0.1, 0.15) is 0 Å². The Bertz CT molecular complexity index is 391. The molecule has 0 aromatic heterocycles. The number of allylic oxidation sites excluding steroid dienone is 1. The third kappa shape index (κ3) is 3.33. The summed E-state index contributed by atoms with van der Waals surface area (Å²) in [6.45, 7) is 4.08. The molecule has 1 rings (SSSR count). The molecule has 0 heterocycles. The Labute approximate surface area is 91.0 Å². The quantitative estimate of drug-likeness (QED) is 0.752. The number of aliphatic imine (C=N–C) groups is 1. The molecule has 0 saturated heterocycles. The summed E-state index contributed by atoms with van der Waals surface area (Å²) >= 11 is 0. The van der Waals surface area contributed by atoms with Crippen molar-refractivity contribution in [2.45, 2.75) is 13.8 Å². The van der Waals surface area contributed by atoms with Crippen LogP contribution in [0.5, 0.6) is 0 Å². The molecule has 0 saturated carbocycles. The molecular weight excluding hydrogens is 186 g/mol. The van der Waals surface area contributed by atoms with Gasteiger partial charge in [0.15, 0.2) is 0 Å². The van der Waals surface area contributed by atoms with Gasteiger partial charge >= 0.3 is 0 Å². The maximum atomic E-state index is 9.00. The van der Waals surface area contributed by atoms with Crippen molar-refractivity contribution in [3.8, 4) is 0 Å². The lowest BCUT2D eigenvalue weighted by Gasteiger charge is -2.03. The van der Waals surface area contributed by atoms with Gasteiger partial charge < -0.3 is 5.11 Å². The Kier molecular flexibility index (Phi) is 4.25. The zero-order valence-corrected chi connectivity index (χ0v) is 9.49. The molecule has 0 fully saturated rings. The molecule has 1 aromatic rings. The van der Waals surface area contributed by atoms with Crippen LogP contribution < -0.4 is 0 Å². The Morgan fingerprint density at radius 3 is 2.73 bits per heavy atom. The van der Waals surface area contributed by atoms with Crippen LogP contribution in [0.3, 0.4) is 0 Å². The van der Waals surface area contributed by atoms with Crippen LogP contribution in [0.2, 0.25) is 0 Å². The van der Waals surface area contributed by atoms with Crippen molar-refractivity contribution in [3.63, 3.8) is 0 Å². The molecule has 0 bridgehead atoms. The molecule has 2 heteroatoms. The van der Waals surface area contributed by atoms with Crippen LogP contribution in [0, 0.1) is 6.92 Å². The molecule has 2 nitrogen and oxygen atoms in total. The van der Waals surface area contributed by atoms with Crippen molar-refractivity contribution < 1.29 is 5.11 Å². The first-order valence-corrected chi connectivity index (χ1v) is 4.99. The zero-order chi connectivity index (χ0) is 11.3. The molecular formula is C13H17NO. The van der Waals surface area contributed by atoms with E-state index >= 15 is 0 Å². The largest absolute Gasteiger partial charge is 0.390 e. The highest BCUT2D eigenvalue weighted by Gasteiger charge is 1.97. The van der Waals surface area contributed by atoms with Gasteiger partial charge in [-0.15, -0.1) is 0 Å². The molecule has 1 aromatic carbocycles. The Morgan fingerprint density at radius 1 is 1.47 bits per heavy atom. The molecule has 0 spiro atoms. The molecule has 0 aliphatic heterocycles. The Balaban J connectivity index is 2.98. The van der Waals surface area contributed by atoms with Gasteiger partial charge in [-0.05, 0) is 31.1 Å². The summed E-state index contributed by atoms with van der Waals surface area (Å²) in [7, 11) is 1.69. The van der Waals surface area contributed by atoms with Crippen molar-refractivity contribution in [2.75, 3.05) is 13.7 Å². The molecule has 15 heavy (non-hydrogen) atoms. The summed E-state index contributed by atoms with van der Waals surface area (Å²) < 4.78 is 0. The van der Waals surface area contributed by atoms with E-state index < -0.39 is 0 Å². The van der Waals surface area contributed by atoms with E-state index in [1.807, 2.05) is 19.1 Å². The van der Waals surface area contributed by atoms with Crippen LogP contribution in [-0.4, -0.2) is 24.5 Å². The minimum atomic E-state index is -0.0142. The van der Waals surface area contributed by atoms with Gasteiger partial charge in [0.05, 0.1) is 12.3 Å². The number of hydrogen-bond acceptors (Lipinski definition) is 2. The monoisotopic (exact) mass is 203 g/mol. The summed E-state index contributed by atoms with van der Waals surface area (Å²) in [6, 6.07) is 8.28. The molecule has 80 valence electrons. The Hall–Kier alpha value is -1.41. The van der Waals surface area contributed by atoms with Crippen LogP contribution in [0.4, 0.5) is 0 Å². The molecule has 0 aliphatic carbocycles. The van der Waals surface area contributed by atoms with E-state index in [0.29, 0.717) is 5.71 Å². The van der Waals surface area contributed by atoms with Crippen molar-refractivity contribution in [1.82, 2.24) is 0 Å². The van der Waals surface area contributed by atoms with Crippen molar-refractivity contribution in [3.05, 3.63) is 41.5 Å². The fraction of sp³-hybridized carbons (Fsp3) is 0.308. The first-order valence-electron chi connectivity index (χ1n) is 4.99. The third-order valence-corrected chi connectivity index (χ3v) is 2.31. The summed E-state index contributed by atoms with van der Waals surface area (Å²) in [5, 5.41) is 9.00. The minimum Gasteiger partial charge on any atom is -0.390 e. The Morgan fingerprint density at radius 2 is 2.20 bits per heavy atom. The minimum absolute atomic E-state index is 0.0142. The van der Waals surface area contributed by atoms with E-state index in [4.69, 9.17) is 5.11 Å². The maximum absolute atomic E-state index is 9.00. The summed E-state index contributed by atoms with van der Waals surface area (Å²) in [5.74, 6) is 0. The topological polar surface area (TPSA) is 32.6 Å². The second-order valence-electron chi connectivity index (χ2n) is 3.57. The van der Waals surface area contributed by atoms with Gasteiger partial charge in [-0.1, -0.05) is 29.8 Å². The van der Waals surface area contributed by atoms with Gasteiger partial charge in [0, 0.05) is 7.05 Å². The standard InChI is InChI=1S/C13H17NO/c1-10-5-4-6-12(7-10)11(2)8-13(9-15)14-3/h4-8,15H,9H2,1-3H3/b11-8+,14-13+. The number of hydrogen-bond donors (Lipinski definition) is 1. The van der Waals surface area contributed by atoms with E-state index in [1.165, 1.54) is 11.1 Å². The van der Waals surface area contributed by atoms with E-state index in [0.717, 1.165) is 5.57 Å². The highest BCUT2D eigenvalue weighted by atomic mass is 16.3. The van der Waals surface area contributed by atoms with Crippen LogP contribution in [-0.2, 0) is 0 Å². The molecule has 0 atom stereocenters. The van der Waals surface area contributed by atoms with Crippen LogP contribution in [0.25, 0.3) is 5.57 Å². The van der Waals surface area contributed by atoms with Crippen LogP contribution in [0.15, 0.2) is 35.3 Å². The first-order chi connectivity index (χ1) is 7.17. The summed E-state index contributed by atoms with van der Waals surface area (Å²) in [5.41, 5.74) is 4.23. The summed E-state index contributed by atoms with van der Waals surface area (Å²) in [4.78, 5) is 3.98. The molecule has 0 amide bonds. The number of aliphatic hydroxyl groups excluding tert-OH is 1. The van der Waals surface area contributed by atoms with Gasteiger partial charge in [0.25, 0.3) is 0 Å². The highest BCUT2D eigenvalue weighted by molar-refractivity contribution is 6.01. The smallest absolute Gasteiger partial charge is 0.0848 e. The molecule has 0 aliphatic rings. The second-order valence-corrected chi connectivity index (χ2v) is 3.57. The van der Waals surface area contributed by atoms with Gasteiger partial charge in [-0.3, -0.25) is 4.99 Å². The van der Waals surface area contributed by atoms with E-state index in [2.05, 4.69) is 30.1 Å². The maximum Gasteiger partial charge on any atom is 0.0848 e. The van der Waals surface area contributed by atoms with Crippen molar-refractivity contribution in [2.24, 2.45) is 4.99 Å². The fourth-order valence-corrected chi connectivity index (χ4v) is 1.40.